The molecule has 1 fully saturated rings. The van der Waals surface area contributed by atoms with E-state index in [1.807, 2.05) is 24.3 Å². The fourth-order valence-electron chi connectivity index (χ4n) is 4.43. The van der Waals surface area contributed by atoms with Crippen LogP contribution in [0, 0.1) is 22.8 Å². The van der Waals surface area contributed by atoms with E-state index in [2.05, 4.69) is 25.3 Å². The third kappa shape index (κ3) is 5.97. The van der Waals surface area contributed by atoms with Gasteiger partial charge in [-0.25, -0.2) is 15.5 Å². The summed E-state index contributed by atoms with van der Waals surface area (Å²) in [6.45, 7) is 1.88. The molecule has 2 N–H and O–H groups in total. The third-order valence-electron chi connectivity index (χ3n) is 6.43. The van der Waals surface area contributed by atoms with Crippen molar-refractivity contribution >= 4 is 17.2 Å². The van der Waals surface area contributed by atoms with Crippen LogP contribution in [0.2, 0.25) is 0 Å². The molecule has 37 heavy (non-hydrogen) atoms. The Morgan fingerprint density at radius 3 is 2.62 bits per heavy atom. The first-order valence-corrected chi connectivity index (χ1v) is 11.8. The standard InChI is InChI=1S/C26H26F3N7O/c1-32-21-15-20(34-22(16-30)25(21)35-31)18-5-6-23(19(14-18)26(27,28)29)37-13-9-17-7-11-36(12-8-17)24-4-2-3-10-33-24/h2-6,10,14-15,17,31H,7-9,11-13H2,1H3,(H,32,34). The third-order valence-corrected chi connectivity index (χ3v) is 6.43. The molecule has 0 radical (unpaired) electrons. The molecule has 3 heterocycles. The van der Waals surface area contributed by atoms with Gasteiger partial charge in [-0.1, -0.05) is 6.07 Å². The number of rotatable bonds is 8. The van der Waals surface area contributed by atoms with E-state index in [0.29, 0.717) is 18.0 Å². The Morgan fingerprint density at radius 2 is 2.00 bits per heavy atom. The SMILES string of the molecule is CNc1cc(-c2ccc(OCCC3CCN(c4ccccn4)CC3)c(C(F)(F)F)c2)nc(C#N)c1N=N. The Bertz CT molecular complexity index is 1280. The highest BCUT2D eigenvalue weighted by Crippen LogP contribution is 2.40. The van der Waals surface area contributed by atoms with Crippen LogP contribution in [0.1, 0.15) is 30.5 Å². The molecule has 0 aliphatic carbocycles. The Labute approximate surface area is 212 Å². The van der Waals surface area contributed by atoms with Gasteiger partial charge in [0.05, 0.1) is 23.6 Å². The Balaban J connectivity index is 1.46. The molecule has 8 nitrogen and oxygen atoms in total. The molecule has 1 aliphatic heterocycles. The lowest BCUT2D eigenvalue weighted by molar-refractivity contribution is -0.138. The number of alkyl halides is 3. The number of aromatic nitrogens is 2. The number of pyridine rings is 2. The van der Waals surface area contributed by atoms with Crippen molar-refractivity contribution in [3.05, 3.63) is 59.9 Å². The van der Waals surface area contributed by atoms with Gasteiger partial charge in [-0.05, 0) is 61.6 Å². The van der Waals surface area contributed by atoms with Gasteiger partial charge >= 0.3 is 6.18 Å². The number of ether oxygens (including phenoxy) is 1. The van der Waals surface area contributed by atoms with E-state index in [1.165, 1.54) is 18.2 Å². The van der Waals surface area contributed by atoms with Crippen molar-refractivity contribution in [1.82, 2.24) is 9.97 Å². The summed E-state index contributed by atoms with van der Waals surface area (Å²) < 4.78 is 47.4. The first-order valence-electron chi connectivity index (χ1n) is 11.8. The monoisotopic (exact) mass is 509 g/mol. The number of halogens is 3. The number of nitrogens with one attached hydrogen (secondary N) is 2. The van der Waals surface area contributed by atoms with Crippen LogP contribution in [0.25, 0.3) is 11.3 Å². The van der Waals surface area contributed by atoms with Gasteiger partial charge in [0.2, 0.25) is 0 Å². The van der Waals surface area contributed by atoms with Gasteiger partial charge < -0.3 is 15.0 Å². The van der Waals surface area contributed by atoms with Crippen LogP contribution in [0.15, 0.2) is 53.8 Å². The molecule has 2 aromatic heterocycles. The van der Waals surface area contributed by atoms with Gasteiger partial charge in [-0.15, -0.1) is 0 Å². The Kier molecular flexibility index (Phi) is 7.86. The van der Waals surface area contributed by atoms with Gasteiger partial charge in [0.1, 0.15) is 23.3 Å². The molecular formula is C26H26F3N7O. The zero-order chi connectivity index (χ0) is 26.4. The molecule has 1 aromatic carbocycles. The van der Waals surface area contributed by atoms with Crippen molar-refractivity contribution < 1.29 is 17.9 Å². The largest absolute Gasteiger partial charge is 0.493 e. The average molecular weight is 510 g/mol. The minimum atomic E-state index is -4.64. The summed E-state index contributed by atoms with van der Waals surface area (Å²) in [6.07, 6.45) is -0.372. The van der Waals surface area contributed by atoms with Crippen LogP contribution < -0.4 is 15.0 Å². The number of benzene rings is 1. The van der Waals surface area contributed by atoms with Gasteiger partial charge in [0.15, 0.2) is 5.69 Å². The number of anilines is 2. The number of hydrogen-bond acceptors (Lipinski definition) is 8. The zero-order valence-electron chi connectivity index (χ0n) is 20.2. The summed E-state index contributed by atoms with van der Waals surface area (Å²) in [6, 6.07) is 12.8. The van der Waals surface area contributed by atoms with Crippen LogP contribution in [-0.2, 0) is 6.18 Å². The van der Waals surface area contributed by atoms with Gasteiger partial charge in [0.25, 0.3) is 0 Å². The number of hydrogen-bond donors (Lipinski definition) is 2. The molecule has 0 unspecified atom stereocenters. The second-order valence-corrected chi connectivity index (χ2v) is 8.69. The molecule has 4 rings (SSSR count). The van der Waals surface area contributed by atoms with Crippen molar-refractivity contribution in [2.45, 2.75) is 25.4 Å². The first-order chi connectivity index (χ1) is 17.8. The smallest absolute Gasteiger partial charge is 0.419 e. The van der Waals surface area contributed by atoms with Crippen molar-refractivity contribution in [2.24, 2.45) is 11.0 Å². The molecular weight excluding hydrogens is 483 g/mol. The predicted octanol–water partition coefficient (Wildman–Crippen LogP) is 6.42. The number of nitrogens with zero attached hydrogens (tertiary/aromatic N) is 5. The Hall–Kier alpha value is -4.20. The van der Waals surface area contributed by atoms with Crippen LogP contribution >= 0.6 is 0 Å². The van der Waals surface area contributed by atoms with Gasteiger partial charge in [-0.3, -0.25) is 0 Å². The van der Waals surface area contributed by atoms with E-state index >= 15 is 0 Å². The molecule has 1 saturated heterocycles. The molecule has 192 valence electrons. The second kappa shape index (κ2) is 11.2. The molecule has 0 amide bonds. The Morgan fingerprint density at radius 1 is 1.22 bits per heavy atom. The average Bonchev–Trinajstić information content (AvgIpc) is 2.92. The van der Waals surface area contributed by atoms with Crippen molar-refractivity contribution in [1.29, 1.82) is 10.8 Å². The molecule has 0 saturated carbocycles. The topological polar surface area (TPSA) is 110 Å². The summed E-state index contributed by atoms with van der Waals surface area (Å²) in [5.74, 6) is 1.06. The van der Waals surface area contributed by atoms with Gasteiger partial charge in [-0.2, -0.15) is 23.5 Å². The maximum atomic E-state index is 13.9. The van der Waals surface area contributed by atoms with Crippen molar-refractivity contribution in [3.8, 4) is 23.1 Å². The number of nitriles is 1. The van der Waals surface area contributed by atoms with E-state index in [1.54, 1.807) is 13.2 Å². The second-order valence-electron chi connectivity index (χ2n) is 8.69. The minimum Gasteiger partial charge on any atom is -0.493 e. The maximum absolute atomic E-state index is 13.9. The fraction of sp³-hybridized carbons (Fsp3) is 0.346. The fourth-order valence-corrected chi connectivity index (χ4v) is 4.43. The lowest BCUT2D eigenvalue weighted by Gasteiger charge is -2.32. The lowest BCUT2D eigenvalue weighted by Crippen LogP contribution is -2.34. The molecule has 0 spiro atoms. The maximum Gasteiger partial charge on any atom is 0.419 e. The van der Waals surface area contributed by atoms with Crippen LogP contribution in [0.5, 0.6) is 5.75 Å². The summed E-state index contributed by atoms with van der Waals surface area (Å²) in [4.78, 5) is 10.7. The first kappa shape index (κ1) is 25.9. The molecule has 11 heteroatoms. The van der Waals surface area contributed by atoms with Crippen LogP contribution in [0.3, 0.4) is 0 Å². The predicted molar refractivity (Wildman–Crippen MR) is 133 cm³/mol. The van der Waals surface area contributed by atoms with Crippen molar-refractivity contribution in [3.63, 3.8) is 0 Å². The van der Waals surface area contributed by atoms with E-state index in [9.17, 15) is 18.4 Å². The molecule has 1 aliphatic rings. The summed E-state index contributed by atoms with van der Waals surface area (Å²) in [5, 5.41) is 15.5. The van der Waals surface area contributed by atoms with E-state index in [4.69, 9.17) is 10.3 Å². The quantitative estimate of drug-likeness (QED) is 0.339. The zero-order valence-corrected chi connectivity index (χ0v) is 20.2. The summed E-state index contributed by atoms with van der Waals surface area (Å²) in [7, 11) is 1.56. The number of piperidine rings is 1. The molecule has 3 aromatic rings. The normalized spacial score (nSPS) is 14.2. The van der Waals surface area contributed by atoms with E-state index in [0.717, 1.165) is 37.8 Å². The lowest BCUT2D eigenvalue weighted by atomic mass is 9.94. The van der Waals surface area contributed by atoms with Crippen LogP contribution in [-0.4, -0.2) is 36.7 Å². The summed E-state index contributed by atoms with van der Waals surface area (Å²) >= 11 is 0. The van der Waals surface area contributed by atoms with Gasteiger partial charge in [0, 0.05) is 31.9 Å². The molecule has 0 atom stereocenters. The highest BCUT2D eigenvalue weighted by Gasteiger charge is 2.35. The summed E-state index contributed by atoms with van der Waals surface area (Å²) in [5.41, 5.74) is 6.88. The van der Waals surface area contributed by atoms with Crippen LogP contribution in [0.4, 0.5) is 30.4 Å². The van der Waals surface area contributed by atoms with Crippen molar-refractivity contribution in [2.75, 3.05) is 37.0 Å². The highest BCUT2D eigenvalue weighted by atomic mass is 19.4. The molecule has 0 bridgehead atoms. The highest BCUT2D eigenvalue weighted by molar-refractivity contribution is 5.77. The van der Waals surface area contributed by atoms with E-state index in [-0.39, 0.29) is 35.0 Å². The van der Waals surface area contributed by atoms with E-state index < -0.39 is 11.7 Å². The minimum absolute atomic E-state index is 0.0237.